The quantitative estimate of drug-likeness (QED) is 0.156. The number of hydrogen-bond acceptors (Lipinski definition) is 10. The molecule has 5 aromatic rings. The van der Waals surface area contributed by atoms with Crippen LogP contribution in [0.1, 0.15) is 103 Å². The van der Waals surface area contributed by atoms with Gasteiger partial charge in [-0.15, -0.1) is 21.5 Å². The number of amides is 4. The maximum Gasteiger partial charge on any atom is 0.262 e. The number of likely N-dealkylation sites (tertiary alicyclic amines) is 1. The molecule has 0 aliphatic carbocycles. The fraction of sp³-hybridized carbons (Fsp3) is 0.318. The van der Waals surface area contributed by atoms with Gasteiger partial charge in [0.15, 0.2) is 5.82 Å². The van der Waals surface area contributed by atoms with E-state index in [-0.39, 0.29) is 18.7 Å². The van der Waals surface area contributed by atoms with Gasteiger partial charge in [0.25, 0.3) is 11.8 Å². The zero-order chi connectivity index (χ0) is 40.1. The Labute approximate surface area is 344 Å². The van der Waals surface area contributed by atoms with Crippen LogP contribution >= 0.6 is 22.9 Å². The number of benzene rings is 2. The number of pyridine rings is 1. The molecule has 58 heavy (non-hydrogen) atoms. The number of aryl methyl sites for hydroxylation is 2. The van der Waals surface area contributed by atoms with E-state index in [0.717, 1.165) is 98.9 Å². The predicted octanol–water partition coefficient (Wildman–Crippen LogP) is 5.99. The molecule has 4 amide bonds. The van der Waals surface area contributed by atoms with E-state index in [9.17, 15) is 19.2 Å². The summed E-state index contributed by atoms with van der Waals surface area (Å²) in [7, 11) is 0. The zero-order valence-electron chi connectivity index (χ0n) is 32.0. The molecule has 7 heterocycles. The molecule has 0 spiro atoms. The normalized spacial score (nSPS) is 18.2. The number of nitrogens with one attached hydrogen (secondary N) is 1. The van der Waals surface area contributed by atoms with Gasteiger partial charge in [0.1, 0.15) is 29.1 Å². The van der Waals surface area contributed by atoms with Crippen LogP contribution in [-0.4, -0.2) is 78.0 Å². The van der Waals surface area contributed by atoms with E-state index >= 15 is 0 Å². The number of fused-ring (bicyclic) bond motifs is 4. The first-order chi connectivity index (χ1) is 28.1. The maximum absolute atomic E-state index is 13.5. The summed E-state index contributed by atoms with van der Waals surface area (Å²) < 4.78 is 2.08. The number of thiophene rings is 1. The highest BCUT2D eigenvalue weighted by molar-refractivity contribution is 7.15. The molecule has 1 atom stereocenters. The van der Waals surface area contributed by atoms with Gasteiger partial charge in [0.2, 0.25) is 11.8 Å². The number of halogens is 1. The Balaban J connectivity index is 0.821. The number of aliphatic imine (C=N–C) groups is 1. The molecule has 2 saturated heterocycles. The van der Waals surface area contributed by atoms with E-state index in [1.807, 2.05) is 49.5 Å². The summed E-state index contributed by atoms with van der Waals surface area (Å²) in [6.07, 6.45) is 5.80. The van der Waals surface area contributed by atoms with Crippen LogP contribution < -0.4 is 5.32 Å². The Kier molecular flexibility index (Phi) is 10.1. The van der Waals surface area contributed by atoms with Crippen LogP contribution in [0.2, 0.25) is 5.02 Å². The lowest BCUT2D eigenvalue weighted by Crippen LogP contribution is -2.54. The van der Waals surface area contributed by atoms with Crippen molar-refractivity contribution in [1.82, 2.24) is 34.9 Å². The van der Waals surface area contributed by atoms with Gasteiger partial charge in [-0.2, -0.15) is 0 Å². The van der Waals surface area contributed by atoms with Gasteiger partial charge in [0, 0.05) is 35.3 Å². The van der Waals surface area contributed by atoms with Crippen molar-refractivity contribution in [1.29, 1.82) is 0 Å². The molecule has 4 aliphatic rings. The van der Waals surface area contributed by atoms with Crippen LogP contribution in [0.3, 0.4) is 0 Å². The molecule has 2 fully saturated rings. The summed E-state index contributed by atoms with van der Waals surface area (Å²) in [6, 6.07) is 16.2. The van der Waals surface area contributed by atoms with Crippen molar-refractivity contribution in [2.24, 2.45) is 10.9 Å². The van der Waals surface area contributed by atoms with E-state index in [4.69, 9.17) is 21.6 Å². The standard InChI is InChI=1S/C44H39ClN8O4S/c1-25-35(58-44-38(25)40(30-9-11-31(45)12-10-30)47-23-36-50-49-26(2)52(36)44)16-14-32-13-7-28(22-46-32)24-51-20-18-27(19-21-51)6-8-29-4-3-5-33-39(29)43(57)53(42(33)56)34-15-17-37(54)48-41(34)55/h3-5,7,9-13,22,27,34H,6,8,15,17-21,23-24H2,1-2H3,(H,48,54,55). The topological polar surface area (TPSA) is 143 Å². The Morgan fingerprint density at radius 2 is 1.72 bits per heavy atom. The summed E-state index contributed by atoms with van der Waals surface area (Å²) in [5, 5.41) is 12.7. The second kappa shape index (κ2) is 15.5. The first-order valence-corrected chi connectivity index (χ1v) is 20.7. The predicted molar refractivity (Wildman–Crippen MR) is 219 cm³/mol. The minimum atomic E-state index is -0.964. The van der Waals surface area contributed by atoms with Crippen LogP contribution in [0.15, 0.2) is 65.8 Å². The third-order valence-electron chi connectivity index (χ3n) is 11.6. The van der Waals surface area contributed by atoms with Crippen LogP contribution in [0.4, 0.5) is 0 Å². The van der Waals surface area contributed by atoms with Gasteiger partial charge in [-0.1, -0.05) is 41.9 Å². The smallest absolute Gasteiger partial charge is 0.262 e. The van der Waals surface area contributed by atoms with Crippen molar-refractivity contribution < 1.29 is 19.2 Å². The van der Waals surface area contributed by atoms with Gasteiger partial charge in [0.05, 0.1) is 21.7 Å². The first-order valence-electron chi connectivity index (χ1n) is 19.5. The molecule has 292 valence electrons. The number of hydrogen-bond donors (Lipinski definition) is 1. The van der Waals surface area contributed by atoms with Crippen molar-refractivity contribution in [2.75, 3.05) is 13.1 Å². The van der Waals surface area contributed by atoms with Crippen molar-refractivity contribution in [2.45, 2.75) is 71.5 Å². The monoisotopic (exact) mass is 810 g/mol. The summed E-state index contributed by atoms with van der Waals surface area (Å²) in [6.45, 7) is 7.18. The Morgan fingerprint density at radius 3 is 2.48 bits per heavy atom. The van der Waals surface area contributed by atoms with Gasteiger partial charge >= 0.3 is 0 Å². The lowest BCUT2D eigenvalue weighted by atomic mass is 9.88. The lowest BCUT2D eigenvalue weighted by Gasteiger charge is -2.32. The highest BCUT2D eigenvalue weighted by atomic mass is 35.5. The van der Waals surface area contributed by atoms with Crippen molar-refractivity contribution in [3.63, 3.8) is 0 Å². The first kappa shape index (κ1) is 37.7. The van der Waals surface area contributed by atoms with Crippen LogP contribution in [0, 0.1) is 31.6 Å². The molecule has 2 aromatic carbocycles. The number of piperidine rings is 2. The van der Waals surface area contributed by atoms with Crippen molar-refractivity contribution >= 4 is 52.3 Å². The Hall–Kier alpha value is -5.81. The summed E-state index contributed by atoms with van der Waals surface area (Å²) in [5.41, 5.74) is 7.35. The summed E-state index contributed by atoms with van der Waals surface area (Å²) in [4.78, 5) is 65.1. The molecule has 1 unspecified atom stereocenters. The average molecular weight is 811 g/mol. The van der Waals surface area contributed by atoms with Crippen LogP contribution in [-0.2, 0) is 29.1 Å². The molecule has 1 N–H and O–H groups in total. The molecule has 3 aromatic heterocycles. The Bertz CT molecular complexity index is 2590. The Morgan fingerprint density at radius 1 is 0.914 bits per heavy atom. The molecule has 14 heteroatoms. The maximum atomic E-state index is 13.5. The van der Waals surface area contributed by atoms with Gasteiger partial charge < -0.3 is 0 Å². The molecule has 0 radical (unpaired) electrons. The van der Waals surface area contributed by atoms with E-state index in [1.54, 1.807) is 23.5 Å². The van der Waals surface area contributed by atoms with E-state index in [2.05, 4.69) is 49.8 Å². The van der Waals surface area contributed by atoms with Crippen molar-refractivity contribution in [3.05, 3.63) is 127 Å². The largest absolute Gasteiger partial charge is 0.299 e. The second-order valence-corrected chi connectivity index (χ2v) is 16.7. The highest BCUT2D eigenvalue weighted by Gasteiger charge is 2.45. The molecular weight excluding hydrogens is 772 g/mol. The number of rotatable bonds is 7. The molecule has 0 saturated carbocycles. The average Bonchev–Trinajstić information content (AvgIpc) is 3.79. The van der Waals surface area contributed by atoms with Gasteiger partial charge in [-0.3, -0.25) is 43.9 Å². The number of imide groups is 2. The van der Waals surface area contributed by atoms with Gasteiger partial charge in [-0.05, 0) is 118 Å². The third-order valence-corrected chi connectivity index (χ3v) is 13.0. The fourth-order valence-electron chi connectivity index (χ4n) is 8.46. The third kappa shape index (κ3) is 7.06. The second-order valence-electron chi connectivity index (χ2n) is 15.3. The van der Waals surface area contributed by atoms with Crippen LogP contribution in [0.5, 0.6) is 0 Å². The van der Waals surface area contributed by atoms with Gasteiger partial charge in [-0.25, -0.2) is 4.98 Å². The molecule has 9 rings (SSSR count). The zero-order valence-corrected chi connectivity index (χ0v) is 33.6. The number of carbonyl (C=O) groups excluding carboxylic acids is 4. The fourth-order valence-corrected chi connectivity index (χ4v) is 9.81. The van der Waals surface area contributed by atoms with Crippen molar-refractivity contribution in [3.8, 4) is 16.8 Å². The minimum absolute atomic E-state index is 0.0983. The van der Waals surface area contributed by atoms with E-state index < -0.39 is 23.8 Å². The molecule has 4 aliphatic heterocycles. The number of carbonyl (C=O) groups is 4. The van der Waals surface area contributed by atoms with Crippen LogP contribution in [0.25, 0.3) is 5.00 Å². The summed E-state index contributed by atoms with van der Waals surface area (Å²) >= 11 is 7.83. The van der Waals surface area contributed by atoms with E-state index in [1.165, 1.54) is 0 Å². The minimum Gasteiger partial charge on any atom is -0.299 e. The summed E-state index contributed by atoms with van der Waals surface area (Å²) in [5.74, 6) is 6.89. The SMILES string of the molecule is Cc1c(C#Cc2ccc(CN3CCC(CCc4cccc5c4C(=O)N(C4CCC(=O)NC4=O)C5=O)CC3)cn2)sc2c1C(c1ccc(Cl)cc1)=NCc1nnc(C)n1-2. The number of nitrogens with zero attached hydrogens (tertiary/aromatic N) is 7. The molecule has 12 nitrogen and oxygen atoms in total. The highest BCUT2D eigenvalue weighted by Crippen LogP contribution is 2.37. The lowest BCUT2D eigenvalue weighted by molar-refractivity contribution is -0.136. The molecule has 0 bridgehead atoms. The van der Waals surface area contributed by atoms with E-state index in [0.29, 0.717) is 40.7 Å². The number of aromatic nitrogens is 4. The molecular formula is C44H39ClN8O4S.